The van der Waals surface area contributed by atoms with Crippen LogP contribution in [0.4, 0.5) is 11.4 Å². The molecule has 0 aliphatic carbocycles. The molecule has 1 fully saturated rings. The van der Waals surface area contributed by atoms with E-state index in [4.69, 9.17) is 17.0 Å². The van der Waals surface area contributed by atoms with Crippen LogP contribution in [-0.2, 0) is 4.79 Å². The highest BCUT2D eigenvalue weighted by Crippen LogP contribution is 2.37. The predicted molar refractivity (Wildman–Crippen MR) is 119 cm³/mol. The first-order valence-corrected chi connectivity index (χ1v) is 10.1. The van der Waals surface area contributed by atoms with E-state index in [2.05, 4.69) is 24.8 Å². The van der Waals surface area contributed by atoms with E-state index in [1.54, 1.807) is 12.0 Å². The molecule has 4 nitrogen and oxygen atoms in total. The normalized spacial score (nSPS) is 15.5. The maximum atomic E-state index is 12.9. The van der Waals surface area contributed by atoms with E-state index in [0.717, 1.165) is 35.8 Å². The van der Waals surface area contributed by atoms with Crippen molar-refractivity contribution >= 4 is 51.7 Å². The number of thiocarbonyl (C=S) groups is 1. The van der Waals surface area contributed by atoms with Gasteiger partial charge in [0, 0.05) is 30.4 Å². The van der Waals surface area contributed by atoms with E-state index in [0.29, 0.717) is 9.23 Å². The molecular weight excluding hydrogens is 376 g/mol. The van der Waals surface area contributed by atoms with E-state index >= 15 is 0 Å². The quantitative estimate of drug-likeness (QED) is 0.508. The maximum absolute atomic E-state index is 12.9. The Morgan fingerprint density at radius 1 is 1.15 bits per heavy atom. The van der Waals surface area contributed by atoms with Crippen LogP contribution >= 0.6 is 24.0 Å². The topological polar surface area (TPSA) is 32.8 Å². The molecule has 6 heteroatoms. The van der Waals surface area contributed by atoms with Crippen LogP contribution < -0.4 is 14.5 Å². The standard InChI is InChI=1S/C21H22N2O2S2/c1-4-22(5-2)17-12-11-15(18(14-17)25-3)13-19-20(24)23(21(26)27-19)16-9-7-6-8-10-16/h6-14H,4-5H2,1-3H3/b19-13+. The SMILES string of the molecule is CCN(CC)c1ccc(/C=C2/SC(=S)N(c3ccccc3)C2=O)c(OC)c1. The van der Waals surface area contributed by atoms with Gasteiger partial charge in [0.2, 0.25) is 0 Å². The molecule has 0 saturated carbocycles. The van der Waals surface area contributed by atoms with E-state index in [1.807, 2.05) is 48.5 Å². The van der Waals surface area contributed by atoms with Crippen LogP contribution in [0.25, 0.3) is 6.08 Å². The van der Waals surface area contributed by atoms with Gasteiger partial charge in [-0.15, -0.1) is 0 Å². The highest BCUT2D eigenvalue weighted by Gasteiger charge is 2.33. The zero-order valence-corrected chi connectivity index (χ0v) is 17.3. The summed E-state index contributed by atoms with van der Waals surface area (Å²) in [7, 11) is 1.65. The summed E-state index contributed by atoms with van der Waals surface area (Å²) in [6.45, 7) is 6.10. The molecule has 0 radical (unpaired) electrons. The Balaban J connectivity index is 1.93. The molecule has 0 aromatic heterocycles. The lowest BCUT2D eigenvalue weighted by Gasteiger charge is -2.22. The Morgan fingerprint density at radius 3 is 2.48 bits per heavy atom. The van der Waals surface area contributed by atoms with Gasteiger partial charge in [0.25, 0.3) is 5.91 Å². The lowest BCUT2D eigenvalue weighted by atomic mass is 10.1. The second-order valence-electron chi connectivity index (χ2n) is 5.95. The first kappa shape index (κ1) is 19.5. The molecule has 3 rings (SSSR count). The highest BCUT2D eigenvalue weighted by atomic mass is 32.2. The van der Waals surface area contributed by atoms with E-state index in [9.17, 15) is 4.79 Å². The third-order valence-corrected chi connectivity index (χ3v) is 5.74. The van der Waals surface area contributed by atoms with Gasteiger partial charge in [-0.3, -0.25) is 9.69 Å². The number of nitrogens with zero attached hydrogens (tertiary/aromatic N) is 2. The fraction of sp³-hybridized carbons (Fsp3) is 0.238. The lowest BCUT2D eigenvalue weighted by molar-refractivity contribution is -0.113. The van der Waals surface area contributed by atoms with Crippen molar-refractivity contribution in [3.63, 3.8) is 0 Å². The van der Waals surface area contributed by atoms with E-state index < -0.39 is 0 Å². The fourth-order valence-electron chi connectivity index (χ4n) is 3.01. The van der Waals surface area contributed by atoms with Gasteiger partial charge in [-0.25, -0.2) is 0 Å². The molecule has 27 heavy (non-hydrogen) atoms. The van der Waals surface area contributed by atoms with E-state index in [1.165, 1.54) is 11.8 Å². The summed E-state index contributed by atoms with van der Waals surface area (Å²) < 4.78 is 6.11. The number of anilines is 2. The zero-order valence-electron chi connectivity index (χ0n) is 15.6. The lowest BCUT2D eigenvalue weighted by Crippen LogP contribution is -2.27. The number of benzene rings is 2. The number of hydrogen-bond donors (Lipinski definition) is 0. The smallest absolute Gasteiger partial charge is 0.270 e. The Bertz CT molecular complexity index is 877. The summed E-state index contributed by atoms with van der Waals surface area (Å²) in [4.78, 5) is 17.3. The van der Waals surface area contributed by atoms with Crippen molar-refractivity contribution < 1.29 is 9.53 Å². The molecule has 1 aliphatic rings. The van der Waals surface area contributed by atoms with Crippen LogP contribution in [0.5, 0.6) is 5.75 Å². The number of carbonyl (C=O) groups excluding carboxylic acids is 1. The van der Waals surface area contributed by atoms with Crippen molar-refractivity contribution in [3.8, 4) is 5.75 Å². The molecule has 140 valence electrons. The van der Waals surface area contributed by atoms with Crippen molar-refractivity contribution in [1.82, 2.24) is 0 Å². The number of ether oxygens (including phenoxy) is 1. The number of methoxy groups -OCH3 is 1. The summed E-state index contributed by atoms with van der Waals surface area (Å²) in [6.07, 6.45) is 1.85. The molecule has 0 N–H and O–H groups in total. The van der Waals surface area contributed by atoms with Gasteiger partial charge in [-0.05, 0) is 44.2 Å². The van der Waals surface area contributed by atoms with Crippen molar-refractivity contribution in [2.24, 2.45) is 0 Å². The number of hydrogen-bond acceptors (Lipinski definition) is 5. The van der Waals surface area contributed by atoms with Crippen molar-refractivity contribution in [2.75, 3.05) is 30.0 Å². The molecule has 0 atom stereocenters. The summed E-state index contributed by atoms with van der Waals surface area (Å²) >= 11 is 6.74. The van der Waals surface area contributed by atoms with Gasteiger partial charge < -0.3 is 9.64 Å². The first-order valence-electron chi connectivity index (χ1n) is 8.85. The van der Waals surface area contributed by atoms with Crippen LogP contribution in [0.3, 0.4) is 0 Å². The summed E-state index contributed by atoms with van der Waals surface area (Å²) in [5.41, 5.74) is 2.75. The molecule has 2 aromatic carbocycles. The third-order valence-electron chi connectivity index (χ3n) is 4.44. The largest absolute Gasteiger partial charge is 0.496 e. The minimum atomic E-state index is -0.105. The minimum Gasteiger partial charge on any atom is -0.496 e. The molecular formula is C21H22N2O2S2. The second kappa shape index (κ2) is 8.59. The Morgan fingerprint density at radius 2 is 1.85 bits per heavy atom. The number of thioether (sulfide) groups is 1. The Hall–Kier alpha value is -2.31. The molecule has 1 saturated heterocycles. The minimum absolute atomic E-state index is 0.105. The molecule has 2 aromatic rings. The number of rotatable bonds is 6. The first-order chi connectivity index (χ1) is 13.1. The highest BCUT2D eigenvalue weighted by molar-refractivity contribution is 8.27. The predicted octanol–water partition coefficient (Wildman–Crippen LogP) is 4.95. The van der Waals surface area contributed by atoms with Crippen LogP contribution in [0.1, 0.15) is 19.4 Å². The second-order valence-corrected chi connectivity index (χ2v) is 7.63. The maximum Gasteiger partial charge on any atom is 0.270 e. The van der Waals surface area contributed by atoms with Crippen molar-refractivity contribution in [2.45, 2.75) is 13.8 Å². The zero-order chi connectivity index (χ0) is 19.4. The molecule has 1 aliphatic heterocycles. The van der Waals surface area contributed by atoms with Crippen LogP contribution in [0.2, 0.25) is 0 Å². The average Bonchev–Trinajstić information content (AvgIpc) is 2.97. The van der Waals surface area contributed by atoms with Crippen LogP contribution in [0, 0.1) is 0 Å². The van der Waals surface area contributed by atoms with Gasteiger partial charge in [0.15, 0.2) is 4.32 Å². The molecule has 1 heterocycles. The number of para-hydroxylation sites is 1. The average molecular weight is 399 g/mol. The Labute approximate surface area is 169 Å². The molecule has 1 amide bonds. The van der Waals surface area contributed by atoms with Crippen LogP contribution in [-0.4, -0.2) is 30.4 Å². The molecule has 0 unspecified atom stereocenters. The van der Waals surface area contributed by atoms with Crippen molar-refractivity contribution in [1.29, 1.82) is 0 Å². The van der Waals surface area contributed by atoms with Gasteiger partial charge in [0.05, 0.1) is 17.7 Å². The number of carbonyl (C=O) groups is 1. The summed E-state index contributed by atoms with van der Waals surface area (Å²) in [6, 6.07) is 15.5. The van der Waals surface area contributed by atoms with Crippen molar-refractivity contribution in [3.05, 3.63) is 59.0 Å². The monoisotopic (exact) mass is 398 g/mol. The third kappa shape index (κ3) is 4.01. The van der Waals surface area contributed by atoms with Gasteiger partial charge in [-0.1, -0.05) is 42.2 Å². The van der Waals surface area contributed by atoms with Gasteiger partial charge in [-0.2, -0.15) is 0 Å². The van der Waals surface area contributed by atoms with Crippen LogP contribution in [0.15, 0.2) is 53.4 Å². The van der Waals surface area contributed by atoms with Gasteiger partial charge in [0.1, 0.15) is 5.75 Å². The summed E-state index contributed by atoms with van der Waals surface area (Å²) in [5.74, 6) is 0.635. The fourth-order valence-corrected chi connectivity index (χ4v) is 4.30. The molecule has 0 spiro atoms. The van der Waals surface area contributed by atoms with E-state index in [-0.39, 0.29) is 5.91 Å². The summed E-state index contributed by atoms with van der Waals surface area (Å²) in [5, 5.41) is 0. The Kier molecular flexibility index (Phi) is 6.19. The molecule has 0 bridgehead atoms. The number of amides is 1. The van der Waals surface area contributed by atoms with Gasteiger partial charge >= 0.3 is 0 Å².